The maximum Gasteiger partial charge on any atom is 0.419 e. The van der Waals surface area contributed by atoms with Crippen LogP contribution in [0.25, 0.3) is 0 Å². The zero-order chi connectivity index (χ0) is 13.4. The number of alkyl halides is 7. The lowest BCUT2D eigenvalue weighted by molar-refractivity contribution is -0.147. The van der Waals surface area contributed by atoms with E-state index in [2.05, 4.69) is 0 Å². The van der Waals surface area contributed by atoms with Crippen LogP contribution in [0.15, 0.2) is 12.1 Å². The summed E-state index contributed by atoms with van der Waals surface area (Å²) in [5.74, 6) is -2.91. The Kier molecular flexibility index (Phi) is 3.61. The van der Waals surface area contributed by atoms with Crippen molar-refractivity contribution in [2.24, 2.45) is 0 Å². The molecule has 0 aliphatic heterocycles. The van der Waals surface area contributed by atoms with E-state index in [0.717, 1.165) is 0 Å². The van der Waals surface area contributed by atoms with Gasteiger partial charge in [0.1, 0.15) is 5.82 Å². The summed E-state index contributed by atoms with van der Waals surface area (Å²) in [7, 11) is 0. The summed E-state index contributed by atoms with van der Waals surface area (Å²) < 4.78 is 86.8. The molecule has 0 aromatic heterocycles. The predicted molar refractivity (Wildman–Crippen MR) is 46.0 cm³/mol. The van der Waals surface area contributed by atoms with Crippen LogP contribution >= 0.6 is 11.6 Å². The van der Waals surface area contributed by atoms with Crippen molar-refractivity contribution in [1.29, 1.82) is 0 Å². The highest BCUT2D eigenvalue weighted by Gasteiger charge is 2.41. The summed E-state index contributed by atoms with van der Waals surface area (Å²) in [5, 5.41) is 0. The van der Waals surface area contributed by atoms with E-state index in [4.69, 9.17) is 11.6 Å². The molecule has 1 aromatic carbocycles. The minimum absolute atomic E-state index is 0.261. The number of benzene rings is 1. The summed E-state index contributed by atoms with van der Waals surface area (Å²) in [6.07, 6.45) is -10.4. The molecule has 0 N–H and O–H groups in total. The zero-order valence-corrected chi connectivity index (χ0v) is 8.64. The fourth-order valence-corrected chi connectivity index (χ4v) is 1.33. The van der Waals surface area contributed by atoms with Crippen LogP contribution in [0.1, 0.15) is 16.7 Å². The van der Waals surface area contributed by atoms with Crippen molar-refractivity contribution in [3.8, 4) is 0 Å². The maximum absolute atomic E-state index is 13.1. The van der Waals surface area contributed by atoms with E-state index < -0.39 is 40.7 Å². The Morgan fingerprint density at radius 1 is 0.882 bits per heavy atom. The summed E-state index contributed by atoms with van der Waals surface area (Å²) in [6.45, 7) is 0. The molecule has 96 valence electrons. The molecule has 0 atom stereocenters. The van der Waals surface area contributed by atoms with Gasteiger partial charge in [-0.05, 0) is 17.7 Å². The van der Waals surface area contributed by atoms with Crippen LogP contribution in [-0.4, -0.2) is 0 Å². The van der Waals surface area contributed by atoms with Gasteiger partial charge in [-0.15, -0.1) is 11.6 Å². The molecule has 0 bridgehead atoms. The molecule has 0 saturated carbocycles. The second-order valence-corrected chi connectivity index (χ2v) is 3.40. The van der Waals surface area contributed by atoms with Crippen molar-refractivity contribution in [2.75, 3.05) is 0 Å². The van der Waals surface area contributed by atoms with Gasteiger partial charge in [0.25, 0.3) is 0 Å². The molecule has 0 spiro atoms. The van der Waals surface area contributed by atoms with Crippen LogP contribution in [0, 0.1) is 5.82 Å². The van der Waals surface area contributed by atoms with Crippen LogP contribution in [0.5, 0.6) is 0 Å². The molecule has 1 aromatic rings. The van der Waals surface area contributed by atoms with Gasteiger partial charge in [0.15, 0.2) is 0 Å². The average molecular weight is 281 g/mol. The molecular formula is C9H4ClF7. The molecule has 17 heavy (non-hydrogen) atoms. The van der Waals surface area contributed by atoms with Crippen LogP contribution in [-0.2, 0) is 18.2 Å². The lowest BCUT2D eigenvalue weighted by atomic mass is 10.0. The molecule has 1 rings (SSSR count). The van der Waals surface area contributed by atoms with E-state index in [0.29, 0.717) is 0 Å². The first-order chi connectivity index (χ1) is 7.57. The quantitative estimate of drug-likeness (QED) is 0.521. The van der Waals surface area contributed by atoms with Crippen molar-refractivity contribution in [3.05, 3.63) is 34.6 Å². The Labute approximate surface area is 96.0 Å². The highest BCUT2D eigenvalue weighted by atomic mass is 35.5. The van der Waals surface area contributed by atoms with Gasteiger partial charge >= 0.3 is 12.4 Å². The molecular weight excluding hydrogens is 277 g/mol. The van der Waals surface area contributed by atoms with Crippen molar-refractivity contribution < 1.29 is 30.7 Å². The van der Waals surface area contributed by atoms with Gasteiger partial charge in [-0.3, -0.25) is 0 Å². The summed E-state index contributed by atoms with van der Waals surface area (Å²) in [4.78, 5) is 0. The standard InChI is InChI=1S/C9H4ClF7/c10-3-4-1-5(8(12,13)14)7(11)6(2-4)9(15,16)17/h1-2H,3H2. The molecule has 0 fully saturated rings. The van der Waals surface area contributed by atoms with Gasteiger partial charge in [-0.2, -0.15) is 26.3 Å². The van der Waals surface area contributed by atoms with Gasteiger partial charge < -0.3 is 0 Å². The smallest absolute Gasteiger partial charge is 0.206 e. The molecule has 0 aliphatic rings. The Balaban J connectivity index is 3.53. The Morgan fingerprint density at radius 2 is 1.24 bits per heavy atom. The SMILES string of the molecule is Fc1c(C(F)(F)F)cc(CCl)cc1C(F)(F)F. The number of halogens is 8. The molecule has 0 aliphatic carbocycles. The van der Waals surface area contributed by atoms with E-state index in [1.54, 1.807) is 0 Å². The molecule has 8 heteroatoms. The Hall–Kier alpha value is -0.980. The third kappa shape index (κ3) is 3.02. The lowest BCUT2D eigenvalue weighted by Gasteiger charge is -2.15. The van der Waals surface area contributed by atoms with Crippen LogP contribution < -0.4 is 0 Å². The van der Waals surface area contributed by atoms with E-state index in [-0.39, 0.29) is 12.1 Å². The summed E-state index contributed by atoms with van der Waals surface area (Å²) in [6, 6.07) is 0.523. The van der Waals surface area contributed by atoms with Crippen molar-refractivity contribution in [1.82, 2.24) is 0 Å². The topological polar surface area (TPSA) is 0 Å². The van der Waals surface area contributed by atoms with Gasteiger partial charge in [0.2, 0.25) is 0 Å². The minimum Gasteiger partial charge on any atom is -0.206 e. The number of hydrogen-bond donors (Lipinski definition) is 0. The van der Waals surface area contributed by atoms with Crippen LogP contribution in [0.2, 0.25) is 0 Å². The van der Waals surface area contributed by atoms with E-state index in [1.807, 2.05) is 0 Å². The lowest BCUT2D eigenvalue weighted by Crippen LogP contribution is -2.16. The molecule has 0 nitrogen and oxygen atoms in total. The largest absolute Gasteiger partial charge is 0.419 e. The van der Waals surface area contributed by atoms with E-state index in [9.17, 15) is 30.7 Å². The second-order valence-electron chi connectivity index (χ2n) is 3.13. The van der Waals surface area contributed by atoms with Crippen molar-refractivity contribution in [2.45, 2.75) is 18.2 Å². The van der Waals surface area contributed by atoms with Crippen LogP contribution in [0.4, 0.5) is 30.7 Å². The zero-order valence-electron chi connectivity index (χ0n) is 7.89. The maximum atomic E-state index is 13.1. The van der Waals surface area contributed by atoms with Gasteiger partial charge in [-0.1, -0.05) is 0 Å². The van der Waals surface area contributed by atoms with Crippen molar-refractivity contribution in [3.63, 3.8) is 0 Å². The van der Waals surface area contributed by atoms with Crippen molar-refractivity contribution >= 4 is 11.6 Å². The molecule has 0 unspecified atom stereocenters. The van der Waals surface area contributed by atoms with E-state index >= 15 is 0 Å². The fourth-order valence-electron chi connectivity index (χ4n) is 1.17. The summed E-state index contributed by atoms with van der Waals surface area (Å²) >= 11 is 5.17. The number of hydrogen-bond acceptors (Lipinski definition) is 0. The Morgan fingerprint density at radius 3 is 1.47 bits per heavy atom. The molecule has 0 saturated heterocycles. The monoisotopic (exact) mass is 280 g/mol. The molecule has 0 heterocycles. The summed E-state index contributed by atoms with van der Waals surface area (Å²) in [5.41, 5.74) is -4.39. The third-order valence-corrected chi connectivity index (χ3v) is 2.21. The predicted octanol–water partition coefficient (Wildman–Crippen LogP) is 4.60. The Bertz CT molecular complexity index is 383. The first-order valence-corrected chi connectivity index (χ1v) is 4.63. The first-order valence-electron chi connectivity index (χ1n) is 4.10. The highest BCUT2D eigenvalue weighted by Crippen LogP contribution is 2.39. The van der Waals surface area contributed by atoms with Gasteiger partial charge in [-0.25, -0.2) is 4.39 Å². The van der Waals surface area contributed by atoms with Crippen LogP contribution in [0.3, 0.4) is 0 Å². The molecule has 0 amide bonds. The highest BCUT2D eigenvalue weighted by molar-refractivity contribution is 6.17. The first kappa shape index (κ1) is 14.1. The average Bonchev–Trinajstić information content (AvgIpc) is 2.14. The molecule has 0 radical (unpaired) electrons. The second kappa shape index (κ2) is 4.36. The fraction of sp³-hybridized carbons (Fsp3) is 0.333. The van der Waals surface area contributed by atoms with Gasteiger partial charge in [0, 0.05) is 5.88 Å². The van der Waals surface area contributed by atoms with E-state index in [1.165, 1.54) is 0 Å². The normalized spacial score (nSPS) is 12.9. The van der Waals surface area contributed by atoms with Gasteiger partial charge in [0.05, 0.1) is 11.1 Å². The third-order valence-electron chi connectivity index (χ3n) is 1.90. The number of rotatable bonds is 1. The minimum atomic E-state index is -5.20.